The number of hydrogen-bond acceptors (Lipinski definition) is 2. The van der Waals surface area contributed by atoms with E-state index in [1.807, 2.05) is 0 Å². The summed E-state index contributed by atoms with van der Waals surface area (Å²) in [6, 6.07) is 1.64. The Bertz CT molecular complexity index is 179. The molecule has 0 aromatic rings. The molecule has 1 aliphatic carbocycles. The van der Waals surface area contributed by atoms with Gasteiger partial charge in [-0.2, -0.15) is 11.8 Å². The lowest BCUT2D eigenvalue weighted by molar-refractivity contribution is 0.222. The highest BCUT2D eigenvalue weighted by Crippen LogP contribution is 2.29. The van der Waals surface area contributed by atoms with Gasteiger partial charge in [-0.3, -0.25) is 0 Å². The van der Waals surface area contributed by atoms with E-state index in [1.54, 1.807) is 0 Å². The normalized spacial score (nSPS) is 39.2. The monoisotopic (exact) mass is 227 g/mol. The van der Waals surface area contributed by atoms with Crippen molar-refractivity contribution in [2.75, 3.05) is 11.5 Å². The molecular formula is C13H25NS. The predicted octanol–water partition coefficient (Wildman–Crippen LogP) is 3.30. The van der Waals surface area contributed by atoms with Crippen molar-refractivity contribution in [3.05, 3.63) is 0 Å². The third-order valence-electron chi connectivity index (χ3n) is 3.87. The quantitative estimate of drug-likeness (QED) is 0.777. The molecule has 1 saturated heterocycles. The van der Waals surface area contributed by atoms with Crippen LogP contribution in [0.15, 0.2) is 0 Å². The Hall–Kier alpha value is 0.310. The second-order valence-corrected chi connectivity index (χ2v) is 6.89. The average molecular weight is 227 g/mol. The van der Waals surface area contributed by atoms with Crippen molar-refractivity contribution in [2.45, 2.75) is 58.0 Å². The fraction of sp³-hybridized carbons (Fsp3) is 1.00. The van der Waals surface area contributed by atoms with E-state index >= 15 is 0 Å². The minimum absolute atomic E-state index is 0.817. The van der Waals surface area contributed by atoms with Crippen LogP contribution < -0.4 is 5.32 Å². The largest absolute Gasteiger partial charge is 0.311 e. The highest BCUT2D eigenvalue weighted by molar-refractivity contribution is 7.99. The Morgan fingerprint density at radius 2 is 1.47 bits per heavy atom. The Morgan fingerprint density at radius 3 is 2.07 bits per heavy atom. The van der Waals surface area contributed by atoms with Crippen LogP contribution in [-0.4, -0.2) is 23.6 Å². The van der Waals surface area contributed by atoms with Crippen molar-refractivity contribution in [1.29, 1.82) is 0 Å². The molecule has 1 N–H and O–H groups in total. The molecule has 0 aromatic carbocycles. The van der Waals surface area contributed by atoms with E-state index in [9.17, 15) is 0 Å². The summed E-state index contributed by atoms with van der Waals surface area (Å²) >= 11 is 2.12. The van der Waals surface area contributed by atoms with Gasteiger partial charge in [0.15, 0.2) is 0 Å². The van der Waals surface area contributed by atoms with Gasteiger partial charge in [-0.15, -0.1) is 0 Å². The molecule has 15 heavy (non-hydrogen) atoms. The molecule has 0 amide bonds. The summed E-state index contributed by atoms with van der Waals surface area (Å²) in [6.45, 7) is 4.84. The molecule has 0 radical (unpaired) electrons. The molecule has 1 saturated carbocycles. The fourth-order valence-electron chi connectivity index (χ4n) is 3.28. The molecular weight excluding hydrogens is 202 g/mol. The van der Waals surface area contributed by atoms with Gasteiger partial charge in [-0.1, -0.05) is 13.8 Å². The molecule has 0 spiro atoms. The van der Waals surface area contributed by atoms with E-state index < -0.39 is 0 Å². The topological polar surface area (TPSA) is 12.0 Å². The molecule has 1 aliphatic heterocycles. The second kappa shape index (κ2) is 5.58. The Kier molecular flexibility index (Phi) is 4.39. The summed E-state index contributed by atoms with van der Waals surface area (Å²) in [4.78, 5) is 0. The molecule has 2 fully saturated rings. The van der Waals surface area contributed by atoms with E-state index in [2.05, 4.69) is 30.9 Å². The van der Waals surface area contributed by atoms with Crippen LogP contribution in [-0.2, 0) is 0 Å². The maximum atomic E-state index is 3.91. The standard InChI is InChI=1S/C13H25NS/c1-10-7-11(2)9-13(8-10)14-12-3-5-15-6-4-12/h10-14H,3-9H2,1-2H3. The highest BCUT2D eigenvalue weighted by atomic mass is 32.2. The highest BCUT2D eigenvalue weighted by Gasteiger charge is 2.26. The van der Waals surface area contributed by atoms with Crippen LogP contribution in [0, 0.1) is 11.8 Å². The van der Waals surface area contributed by atoms with Crippen molar-refractivity contribution >= 4 is 11.8 Å². The number of nitrogens with one attached hydrogen (secondary N) is 1. The molecule has 88 valence electrons. The van der Waals surface area contributed by atoms with Crippen LogP contribution in [0.3, 0.4) is 0 Å². The van der Waals surface area contributed by atoms with Crippen LogP contribution in [0.2, 0.25) is 0 Å². The first-order valence-corrected chi connectivity index (χ1v) is 7.73. The third-order valence-corrected chi connectivity index (χ3v) is 4.92. The zero-order chi connectivity index (χ0) is 10.7. The van der Waals surface area contributed by atoms with Gasteiger partial charge in [-0.05, 0) is 55.4 Å². The van der Waals surface area contributed by atoms with E-state index in [0.717, 1.165) is 23.9 Å². The lowest BCUT2D eigenvalue weighted by atomic mass is 9.80. The molecule has 0 bridgehead atoms. The van der Waals surface area contributed by atoms with Gasteiger partial charge in [0.05, 0.1) is 0 Å². The van der Waals surface area contributed by atoms with E-state index in [4.69, 9.17) is 0 Å². The average Bonchev–Trinajstić information content (AvgIpc) is 2.17. The second-order valence-electron chi connectivity index (χ2n) is 5.67. The van der Waals surface area contributed by atoms with Crippen molar-refractivity contribution < 1.29 is 0 Å². The van der Waals surface area contributed by atoms with Crippen LogP contribution in [0.4, 0.5) is 0 Å². The van der Waals surface area contributed by atoms with Gasteiger partial charge in [-0.25, -0.2) is 0 Å². The van der Waals surface area contributed by atoms with Crippen LogP contribution in [0.5, 0.6) is 0 Å². The molecule has 2 atom stereocenters. The fourth-order valence-corrected chi connectivity index (χ4v) is 4.39. The van der Waals surface area contributed by atoms with Crippen molar-refractivity contribution in [2.24, 2.45) is 11.8 Å². The molecule has 2 aliphatic rings. The van der Waals surface area contributed by atoms with Crippen LogP contribution in [0.25, 0.3) is 0 Å². The Morgan fingerprint density at radius 1 is 0.867 bits per heavy atom. The third kappa shape index (κ3) is 3.67. The first kappa shape index (κ1) is 11.8. The van der Waals surface area contributed by atoms with Gasteiger partial charge in [0.1, 0.15) is 0 Å². The minimum Gasteiger partial charge on any atom is -0.311 e. The summed E-state index contributed by atoms with van der Waals surface area (Å²) in [5, 5.41) is 3.91. The molecule has 2 rings (SSSR count). The van der Waals surface area contributed by atoms with Crippen molar-refractivity contribution in [1.82, 2.24) is 5.32 Å². The maximum Gasteiger partial charge on any atom is 0.00853 e. The molecule has 1 nitrogen and oxygen atoms in total. The SMILES string of the molecule is CC1CC(C)CC(NC2CCSCC2)C1. The summed E-state index contributed by atoms with van der Waals surface area (Å²) < 4.78 is 0. The minimum atomic E-state index is 0.817. The Balaban J connectivity index is 1.77. The van der Waals surface area contributed by atoms with Crippen molar-refractivity contribution in [3.8, 4) is 0 Å². The van der Waals surface area contributed by atoms with E-state index in [0.29, 0.717) is 0 Å². The summed E-state index contributed by atoms with van der Waals surface area (Å²) in [5.74, 6) is 4.61. The van der Waals surface area contributed by atoms with E-state index in [1.165, 1.54) is 43.6 Å². The molecule has 2 unspecified atom stereocenters. The first-order valence-electron chi connectivity index (χ1n) is 6.58. The zero-order valence-electron chi connectivity index (χ0n) is 10.2. The number of thioether (sulfide) groups is 1. The Labute approximate surface area is 98.8 Å². The lowest BCUT2D eigenvalue weighted by Crippen LogP contribution is -2.43. The predicted molar refractivity (Wildman–Crippen MR) is 69.4 cm³/mol. The van der Waals surface area contributed by atoms with Gasteiger partial charge in [0.25, 0.3) is 0 Å². The number of rotatable bonds is 2. The molecule has 0 aromatic heterocycles. The summed E-state index contributed by atoms with van der Waals surface area (Å²) in [7, 11) is 0. The first-order chi connectivity index (χ1) is 7.24. The lowest BCUT2D eigenvalue weighted by Gasteiger charge is -2.35. The van der Waals surface area contributed by atoms with E-state index in [-0.39, 0.29) is 0 Å². The maximum absolute atomic E-state index is 3.91. The summed E-state index contributed by atoms with van der Waals surface area (Å²) in [5.41, 5.74) is 0. The van der Waals surface area contributed by atoms with Crippen molar-refractivity contribution in [3.63, 3.8) is 0 Å². The van der Waals surface area contributed by atoms with Gasteiger partial charge >= 0.3 is 0 Å². The zero-order valence-corrected chi connectivity index (χ0v) is 11.0. The van der Waals surface area contributed by atoms with Crippen LogP contribution in [0.1, 0.15) is 46.0 Å². The molecule has 1 heterocycles. The van der Waals surface area contributed by atoms with Gasteiger partial charge in [0.2, 0.25) is 0 Å². The van der Waals surface area contributed by atoms with Gasteiger partial charge in [0, 0.05) is 12.1 Å². The molecule has 2 heteroatoms. The smallest absolute Gasteiger partial charge is 0.00853 e. The van der Waals surface area contributed by atoms with Gasteiger partial charge < -0.3 is 5.32 Å². The summed E-state index contributed by atoms with van der Waals surface area (Å²) in [6.07, 6.45) is 7.05. The van der Waals surface area contributed by atoms with Crippen LogP contribution >= 0.6 is 11.8 Å². The number of hydrogen-bond donors (Lipinski definition) is 1.